The maximum atomic E-state index is 12.6. The number of nitrogens with zero attached hydrogens (tertiary/aromatic N) is 3. The van der Waals surface area contributed by atoms with Crippen LogP contribution in [-0.4, -0.2) is 31.2 Å². The van der Waals surface area contributed by atoms with Crippen molar-refractivity contribution in [3.63, 3.8) is 0 Å². The summed E-state index contributed by atoms with van der Waals surface area (Å²) in [6.45, 7) is 3.14. The Morgan fingerprint density at radius 3 is 2.00 bits per heavy atom. The van der Waals surface area contributed by atoms with Gasteiger partial charge in [-0.2, -0.15) is 13.2 Å². The number of rotatable bonds is 2. The first-order valence-electron chi connectivity index (χ1n) is 7.12. The van der Waals surface area contributed by atoms with Gasteiger partial charge in [0.05, 0.1) is 5.56 Å². The lowest BCUT2D eigenvalue weighted by molar-refractivity contribution is -0.137. The molecule has 2 heterocycles. The Morgan fingerprint density at radius 1 is 0.818 bits per heavy atom. The Balaban J connectivity index is 1.64. The highest BCUT2D eigenvalue weighted by molar-refractivity contribution is 5.50. The van der Waals surface area contributed by atoms with Crippen LogP contribution in [0.4, 0.5) is 24.7 Å². The van der Waals surface area contributed by atoms with Crippen molar-refractivity contribution < 1.29 is 13.2 Å². The van der Waals surface area contributed by atoms with Gasteiger partial charge in [-0.1, -0.05) is 6.07 Å². The summed E-state index contributed by atoms with van der Waals surface area (Å²) < 4.78 is 37.7. The maximum Gasteiger partial charge on any atom is 0.416 e. The summed E-state index contributed by atoms with van der Waals surface area (Å²) in [6, 6.07) is 11.2. The van der Waals surface area contributed by atoms with Crippen LogP contribution in [-0.2, 0) is 6.18 Å². The van der Waals surface area contributed by atoms with Gasteiger partial charge in [0.25, 0.3) is 0 Å². The number of halogens is 3. The topological polar surface area (TPSA) is 19.4 Å². The van der Waals surface area contributed by atoms with Crippen LogP contribution in [0.5, 0.6) is 0 Å². The molecule has 0 unspecified atom stereocenters. The summed E-state index contributed by atoms with van der Waals surface area (Å²) in [5.41, 5.74) is 0.219. The van der Waals surface area contributed by atoms with Gasteiger partial charge in [-0.15, -0.1) is 0 Å². The number of alkyl halides is 3. The van der Waals surface area contributed by atoms with E-state index in [0.717, 1.165) is 49.8 Å². The van der Waals surface area contributed by atoms with Crippen LogP contribution in [0, 0.1) is 0 Å². The van der Waals surface area contributed by atoms with E-state index in [9.17, 15) is 13.2 Å². The van der Waals surface area contributed by atoms with Gasteiger partial charge in [-0.3, -0.25) is 0 Å². The third-order valence-corrected chi connectivity index (χ3v) is 3.81. The molecule has 3 rings (SSSR count). The average Bonchev–Trinajstić information content (AvgIpc) is 2.55. The Hall–Kier alpha value is -2.24. The molecule has 3 nitrogen and oxygen atoms in total. The number of pyridine rings is 1. The molecule has 2 aromatic rings. The highest BCUT2D eigenvalue weighted by Gasteiger charge is 2.30. The number of piperazine rings is 1. The first-order chi connectivity index (χ1) is 10.5. The van der Waals surface area contributed by atoms with Crippen LogP contribution in [0.3, 0.4) is 0 Å². The van der Waals surface area contributed by atoms with Crippen molar-refractivity contribution in [2.45, 2.75) is 6.18 Å². The van der Waals surface area contributed by atoms with Gasteiger partial charge in [0.2, 0.25) is 0 Å². The molecular formula is C16H16F3N3. The highest BCUT2D eigenvalue weighted by atomic mass is 19.4. The molecular weight excluding hydrogens is 291 g/mol. The minimum atomic E-state index is -4.28. The number of aromatic nitrogens is 1. The Kier molecular flexibility index (Phi) is 3.92. The maximum absolute atomic E-state index is 12.6. The second-order valence-electron chi connectivity index (χ2n) is 5.21. The van der Waals surface area contributed by atoms with Crippen LogP contribution < -0.4 is 9.80 Å². The first kappa shape index (κ1) is 14.7. The van der Waals surface area contributed by atoms with E-state index in [4.69, 9.17) is 0 Å². The Labute approximate surface area is 127 Å². The van der Waals surface area contributed by atoms with Crippen molar-refractivity contribution in [1.82, 2.24) is 4.98 Å². The van der Waals surface area contributed by atoms with E-state index in [1.807, 2.05) is 18.2 Å². The van der Waals surface area contributed by atoms with Gasteiger partial charge >= 0.3 is 6.18 Å². The van der Waals surface area contributed by atoms with Gasteiger partial charge in [0.1, 0.15) is 5.82 Å². The summed E-state index contributed by atoms with van der Waals surface area (Å²) >= 11 is 0. The van der Waals surface area contributed by atoms with Gasteiger partial charge < -0.3 is 9.80 Å². The van der Waals surface area contributed by atoms with Gasteiger partial charge in [-0.25, -0.2) is 4.98 Å². The van der Waals surface area contributed by atoms with E-state index >= 15 is 0 Å². The van der Waals surface area contributed by atoms with E-state index in [1.165, 1.54) is 0 Å². The molecule has 0 radical (unpaired) electrons. The van der Waals surface area contributed by atoms with Crippen molar-refractivity contribution >= 4 is 11.5 Å². The van der Waals surface area contributed by atoms with E-state index in [2.05, 4.69) is 14.8 Å². The second kappa shape index (κ2) is 5.87. The summed E-state index contributed by atoms with van der Waals surface area (Å²) in [7, 11) is 0. The molecule has 1 aromatic heterocycles. The molecule has 0 N–H and O–H groups in total. The molecule has 0 spiro atoms. The fraction of sp³-hybridized carbons (Fsp3) is 0.312. The summed E-state index contributed by atoms with van der Waals surface area (Å²) in [5, 5.41) is 0. The van der Waals surface area contributed by atoms with Gasteiger partial charge in [0.15, 0.2) is 0 Å². The standard InChI is InChI=1S/C16H16F3N3/c17-16(18,19)13-4-6-14(7-5-13)21-9-11-22(12-10-21)15-3-1-2-8-20-15/h1-8H,9-12H2. The van der Waals surface area contributed by atoms with Crippen molar-refractivity contribution in [2.75, 3.05) is 36.0 Å². The summed E-state index contributed by atoms with van der Waals surface area (Å²) in [5.74, 6) is 0.939. The average molecular weight is 307 g/mol. The molecule has 116 valence electrons. The van der Waals surface area contributed by atoms with Crippen LogP contribution in [0.2, 0.25) is 0 Å². The van der Waals surface area contributed by atoms with E-state index in [-0.39, 0.29) is 0 Å². The van der Waals surface area contributed by atoms with E-state index in [0.29, 0.717) is 0 Å². The molecule has 1 aliphatic rings. The van der Waals surface area contributed by atoms with E-state index < -0.39 is 11.7 Å². The van der Waals surface area contributed by atoms with E-state index in [1.54, 1.807) is 18.3 Å². The zero-order valence-electron chi connectivity index (χ0n) is 11.9. The van der Waals surface area contributed by atoms with Gasteiger partial charge in [-0.05, 0) is 36.4 Å². The van der Waals surface area contributed by atoms with Crippen LogP contribution >= 0.6 is 0 Å². The monoisotopic (exact) mass is 307 g/mol. The number of hydrogen-bond acceptors (Lipinski definition) is 3. The minimum absolute atomic E-state index is 0.608. The number of anilines is 2. The Bertz CT molecular complexity index is 603. The van der Waals surface area contributed by atoms with Crippen LogP contribution in [0.15, 0.2) is 48.7 Å². The van der Waals surface area contributed by atoms with Crippen molar-refractivity contribution in [3.05, 3.63) is 54.2 Å². The molecule has 0 atom stereocenters. The van der Waals surface area contributed by atoms with Crippen molar-refractivity contribution in [2.24, 2.45) is 0 Å². The molecule has 0 aliphatic carbocycles. The third-order valence-electron chi connectivity index (χ3n) is 3.81. The van der Waals surface area contributed by atoms with Crippen molar-refractivity contribution in [3.8, 4) is 0 Å². The Morgan fingerprint density at radius 2 is 1.45 bits per heavy atom. The molecule has 0 amide bonds. The highest BCUT2D eigenvalue weighted by Crippen LogP contribution is 2.30. The molecule has 1 saturated heterocycles. The van der Waals surface area contributed by atoms with Crippen LogP contribution in [0.1, 0.15) is 5.56 Å². The van der Waals surface area contributed by atoms with Crippen molar-refractivity contribution in [1.29, 1.82) is 0 Å². The first-order valence-corrected chi connectivity index (χ1v) is 7.12. The quantitative estimate of drug-likeness (QED) is 0.847. The zero-order chi connectivity index (χ0) is 15.6. The lowest BCUT2D eigenvalue weighted by Gasteiger charge is -2.36. The number of benzene rings is 1. The molecule has 6 heteroatoms. The van der Waals surface area contributed by atoms with Gasteiger partial charge in [0, 0.05) is 38.1 Å². The normalized spacial score (nSPS) is 16.0. The fourth-order valence-electron chi connectivity index (χ4n) is 2.60. The molecule has 1 aliphatic heterocycles. The molecule has 22 heavy (non-hydrogen) atoms. The SMILES string of the molecule is FC(F)(F)c1ccc(N2CCN(c3ccccn3)CC2)cc1. The zero-order valence-corrected chi connectivity index (χ0v) is 11.9. The predicted molar refractivity (Wildman–Crippen MR) is 80.1 cm³/mol. The second-order valence-corrected chi connectivity index (χ2v) is 5.21. The molecule has 0 saturated carbocycles. The lowest BCUT2D eigenvalue weighted by atomic mass is 10.1. The minimum Gasteiger partial charge on any atom is -0.368 e. The lowest BCUT2D eigenvalue weighted by Crippen LogP contribution is -2.46. The fourth-order valence-corrected chi connectivity index (χ4v) is 2.60. The summed E-state index contributed by atoms with van der Waals surface area (Å²) in [4.78, 5) is 8.60. The summed E-state index contributed by atoms with van der Waals surface area (Å²) in [6.07, 6.45) is -2.52. The largest absolute Gasteiger partial charge is 0.416 e. The molecule has 1 fully saturated rings. The molecule has 0 bridgehead atoms. The van der Waals surface area contributed by atoms with Crippen LogP contribution in [0.25, 0.3) is 0 Å². The third kappa shape index (κ3) is 3.16. The number of hydrogen-bond donors (Lipinski definition) is 0. The molecule has 1 aromatic carbocycles. The predicted octanol–water partition coefficient (Wildman–Crippen LogP) is 3.43. The smallest absolute Gasteiger partial charge is 0.368 e.